The average Bonchev–Trinajstić information content (AvgIpc) is 2.71. The minimum Gasteiger partial charge on any atom is -0.497 e. The third-order valence-electron chi connectivity index (χ3n) is 1.67. The summed E-state index contributed by atoms with van der Waals surface area (Å²) in [5, 5.41) is 5.41. The van der Waals surface area contributed by atoms with E-state index in [9.17, 15) is 0 Å². The summed E-state index contributed by atoms with van der Waals surface area (Å²) in [7, 11) is 1.63. The lowest BCUT2D eigenvalue weighted by Crippen LogP contribution is -2.26. The van der Waals surface area contributed by atoms with Crippen molar-refractivity contribution in [3.8, 4) is 5.75 Å². The molecule has 0 atom stereocenters. The van der Waals surface area contributed by atoms with Crippen molar-refractivity contribution >= 4 is 12.1 Å². The molecule has 5 nitrogen and oxygen atoms in total. The molecule has 68 valence electrons. The van der Waals surface area contributed by atoms with Crippen molar-refractivity contribution in [2.75, 3.05) is 12.2 Å². The Balaban J connectivity index is 2.17. The van der Waals surface area contributed by atoms with Crippen LogP contribution in [-0.2, 0) is 4.84 Å². The predicted octanol–water partition coefficient (Wildman–Crippen LogP) is 0.895. The fraction of sp³-hybridized carbons (Fsp3) is 0.125. The summed E-state index contributed by atoms with van der Waals surface area (Å²) < 4.78 is 5.02. The Morgan fingerprint density at radius 3 is 2.69 bits per heavy atom. The van der Waals surface area contributed by atoms with Gasteiger partial charge >= 0.3 is 0 Å². The topological polar surface area (TPSA) is 46.1 Å². The highest BCUT2D eigenvalue weighted by molar-refractivity contribution is 5.55. The monoisotopic (exact) mass is 179 g/mol. The fourth-order valence-electron chi connectivity index (χ4n) is 1.01. The number of hydrogen-bond acceptors (Lipinski definition) is 5. The first-order chi connectivity index (χ1) is 6.40. The highest BCUT2D eigenvalue weighted by Gasteiger charge is 2.07. The van der Waals surface area contributed by atoms with Crippen LogP contribution >= 0.6 is 0 Å². The van der Waals surface area contributed by atoms with E-state index in [1.165, 1.54) is 11.5 Å². The molecule has 2 rings (SSSR count). The second-order valence-electron chi connectivity index (χ2n) is 2.44. The number of rotatable bonds is 2. The Kier molecular flexibility index (Phi) is 2.01. The zero-order chi connectivity index (χ0) is 9.10. The van der Waals surface area contributed by atoms with E-state index >= 15 is 0 Å². The van der Waals surface area contributed by atoms with Gasteiger partial charge in [-0.05, 0) is 29.9 Å². The predicted molar refractivity (Wildman–Crippen MR) is 48.2 cm³/mol. The van der Waals surface area contributed by atoms with Gasteiger partial charge in [0.25, 0.3) is 0 Å². The summed E-state index contributed by atoms with van der Waals surface area (Å²) in [4.78, 5) is 4.72. The minimum absolute atomic E-state index is 0.813. The molecule has 0 aliphatic carbocycles. The van der Waals surface area contributed by atoms with Crippen molar-refractivity contribution in [3.63, 3.8) is 0 Å². The lowest BCUT2D eigenvalue weighted by Gasteiger charge is -2.11. The van der Waals surface area contributed by atoms with Gasteiger partial charge in [-0.1, -0.05) is 0 Å². The second-order valence-corrected chi connectivity index (χ2v) is 2.44. The Labute approximate surface area is 75.5 Å². The summed E-state index contributed by atoms with van der Waals surface area (Å²) in [6.45, 7) is 0. The van der Waals surface area contributed by atoms with Crippen LogP contribution in [0.3, 0.4) is 0 Å². The number of benzene rings is 1. The summed E-state index contributed by atoms with van der Waals surface area (Å²) in [6.07, 6.45) is 1.32. The molecule has 0 amide bonds. The van der Waals surface area contributed by atoms with E-state index < -0.39 is 0 Å². The maximum atomic E-state index is 5.02. The van der Waals surface area contributed by atoms with Gasteiger partial charge < -0.3 is 9.57 Å². The minimum atomic E-state index is 0.813. The van der Waals surface area contributed by atoms with Gasteiger partial charge in [0.15, 0.2) is 0 Å². The van der Waals surface area contributed by atoms with Crippen LogP contribution in [0, 0.1) is 0 Å². The van der Waals surface area contributed by atoms with Crippen LogP contribution in [0.15, 0.2) is 29.4 Å². The van der Waals surface area contributed by atoms with E-state index in [0.717, 1.165) is 11.4 Å². The van der Waals surface area contributed by atoms with Crippen LogP contribution in [0.2, 0.25) is 0 Å². The van der Waals surface area contributed by atoms with E-state index in [4.69, 9.17) is 9.57 Å². The zero-order valence-electron chi connectivity index (χ0n) is 7.10. The maximum Gasteiger partial charge on any atom is 0.223 e. The molecule has 0 aromatic heterocycles. The largest absolute Gasteiger partial charge is 0.497 e. The van der Waals surface area contributed by atoms with Crippen molar-refractivity contribution < 1.29 is 9.57 Å². The highest BCUT2D eigenvalue weighted by Crippen LogP contribution is 2.18. The molecule has 0 spiro atoms. The lowest BCUT2D eigenvalue weighted by atomic mass is 10.3. The molecule has 13 heavy (non-hydrogen) atoms. The molecule has 0 saturated heterocycles. The summed E-state index contributed by atoms with van der Waals surface area (Å²) in [5.74, 6) is 0.813. The van der Waals surface area contributed by atoms with Crippen molar-refractivity contribution in [1.82, 2.24) is 5.59 Å². The van der Waals surface area contributed by atoms with E-state index in [-0.39, 0.29) is 0 Å². The molecule has 1 aliphatic heterocycles. The molecule has 1 aliphatic rings. The average molecular weight is 179 g/mol. The number of anilines is 1. The molecule has 0 fully saturated rings. The van der Waals surface area contributed by atoms with Gasteiger partial charge in [-0.25, -0.2) is 0 Å². The first-order valence-electron chi connectivity index (χ1n) is 3.78. The molecule has 1 heterocycles. The molecule has 0 saturated carbocycles. The fourth-order valence-corrected chi connectivity index (χ4v) is 1.01. The molecular formula is C8H9N3O2. The highest BCUT2D eigenvalue weighted by atomic mass is 16.7. The maximum absolute atomic E-state index is 5.02. The van der Waals surface area contributed by atoms with E-state index in [1.54, 1.807) is 7.11 Å². The zero-order valence-corrected chi connectivity index (χ0v) is 7.10. The van der Waals surface area contributed by atoms with E-state index in [1.807, 2.05) is 24.3 Å². The number of hydrazine groups is 1. The number of nitrogens with one attached hydrogen (secondary N) is 1. The first-order valence-corrected chi connectivity index (χ1v) is 3.78. The molecule has 1 aromatic carbocycles. The molecule has 0 radical (unpaired) electrons. The molecular weight excluding hydrogens is 170 g/mol. The van der Waals surface area contributed by atoms with Crippen LogP contribution < -0.4 is 15.4 Å². The SMILES string of the molecule is COc1ccc(N2N=CON2)cc1. The standard InChI is InChI=1S/C8H9N3O2/c1-12-8-4-2-7(3-5-8)11-9-6-13-10-11/h2-6,10H,1H3. The van der Waals surface area contributed by atoms with Crippen molar-refractivity contribution in [1.29, 1.82) is 0 Å². The van der Waals surface area contributed by atoms with Crippen LogP contribution in [0.1, 0.15) is 0 Å². The van der Waals surface area contributed by atoms with Gasteiger partial charge in [0, 0.05) is 0 Å². The van der Waals surface area contributed by atoms with Crippen LogP contribution in [0.25, 0.3) is 0 Å². The molecule has 1 N–H and O–H groups in total. The normalized spacial score (nSPS) is 14.4. The Hall–Kier alpha value is -1.75. The number of hydrogen-bond donors (Lipinski definition) is 1. The summed E-state index contributed by atoms with van der Waals surface area (Å²) in [6, 6.07) is 7.45. The van der Waals surface area contributed by atoms with E-state index in [2.05, 4.69) is 10.7 Å². The lowest BCUT2D eigenvalue weighted by molar-refractivity contribution is 0.211. The molecule has 0 bridgehead atoms. The smallest absolute Gasteiger partial charge is 0.223 e. The molecule has 0 unspecified atom stereocenters. The van der Waals surface area contributed by atoms with Gasteiger partial charge in [0.2, 0.25) is 6.40 Å². The van der Waals surface area contributed by atoms with E-state index in [0.29, 0.717) is 0 Å². The Morgan fingerprint density at radius 1 is 1.38 bits per heavy atom. The van der Waals surface area contributed by atoms with Gasteiger partial charge in [-0.3, -0.25) is 0 Å². The van der Waals surface area contributed by atoms with Crippen molar-refractivity contribution in [3.05, 3.63) is 24.3 Å². The number of methoxy groups -OCH3 is 1. The molecule has 5 heteroatoms. The second kappa shape index (κ2) is 3.32. The third-order valence-corrected chi connectivity index (χ3v) is 1.67. The summed E-state index contributed by atoms with van der Waals surface area (Å²) >= 11 is 0. The number of ether oxygens (including phenoxy) is 1. The Morgan fingerprint density at radius 2 is 2.15 bits per heavy atom. The van der Waals surface area contributed by atoms with Gasteiger partial charge in [0.1, 0.15) is 5.75 Å². The Bertz CT molecular complexity index is 310. The van der Waals surface area contributed by atoms with Crippen LogP contribution in [0.4, 0.5) is 5.69 Å². The van der Waals surface area contributed by atoms with Gasteiger partial charge in [0.05, 0.1) is 12.8 Å². The quantitative estimate of drug-likeness (QED) is 0.732. The van der Waals surface area contributed by atoms with Gasteiger partial charge in [-0.2, -0.15) is 5.12 Å². The number of nitrogens with zero attached hydrogens (tertiary/aromatic N) is 2. The van der Waals surface area contributed by atoms with Crippen molar-refractivity contribution in [2.45, 2.75) is 0 Å². The van der Waals surface area contributed by atoms with Crippen molar-refractivity contribution in [2.24, 2.45) is 5.10 Å². The first kappa shape index (κ1) is 7.88. The third kappa shape index (κ3) is 1.54. The summed E-state index contributed by atoms with van der Waals surface area (Å²) in [5.41, 5.74) is 3.46. The van der Waals surface area contributed by atoms with Crippen LogP contribution in [-0.4, -0.2) is 13.5 Å². The van der Waals surface area contributed by atoms with Gasteiger partial charge in [-0.15, -0.1) is 5.10 Å². The molecule has 1 aromatic rings. The number of hydrazone groups is 1. The van der Waals surface area contributed by atoms with Crippen LogP contribution in [0.5, 0.6) is 5.75 Å².